The first kappa shape index (κ1) is 31.9. The molecule has 194 valence electrons. The number of aliphatic hydroxyl groups is 1. The van der Waals surface area contributed by atoms with Crippen LogP contribution in [0, 0.1) is 0 Å². The lowest BCUT2D eigenvalue weighted by Gasteiger charge is -2.15. The summed E-state index contributed by atoms with van der Waals surface area (Å²) in [5.41, 5.74) is 0. The minimum absolute atomic E-state index is 0.0853. The van der Waals surface area contributed by atoms with E-state index < -0.39 is 6.10 Å². The van der Waals surface area contributed by atoms with Crippen LogP contribution in [0.25, 0.3) is 0 Å². The Morgan fingerprint density at radius 1 is 0.706 bits per heavy atom. The normalized spacial score (nSPS) is 12.9. The van der Waals surface area contributed by atoms with E-state index in [1.54, 1.807) is 0 Å². The van der Waals surface area contributed by atoms with Crippen molar-refractivity contribution in [2.24, 2.45) is 0 Å². The van der Waals surface area contributed by atoms with Crippen LogP contribution in [0.5, 0.6) is 0 Å². The van der Waals surface area contributed by atoms with Crippen molar-refractivity contribution < 1.29 is 24.2 Å². The fourth-order valence-corrected chi connectivity index (χ4v) is 3.13. The van der Waals surface area contributed by atoms with Gasteiger partial charge in [0.25, 0.3) is 0 Å². The number of ether oxygens (including phenoxy) is 2. The molecule has 0 aromatic heterocycles. The van der Waals surface area contributed by atoms with Crippen LogP contribution in [-0.2, 0) is 19.1 Å². The van der Waals surface area contributed by atoms with Gasteiger partial charge in [-0.2, -0.15) is 0 Å². The van der Waals surface area contributed by atoms with E-state index in [2.05, 4.69) is 62.5 Å². The summed E-state index contributed by atoms with van der Waals surface area (Å²) in [4.78, 5) is 23.7. The van der Waals surface area contributed by atoms with Crippen LogP contribution in [0.15, 0.2) is 48.6 Å². The van der Waals surface area contributed by atoms with Gasteiger partial charge in [-0.3, -0.25) is 9.59 Å². The zero-order valence-electron chi connectivity index (χ0n) is 21.6. The fraction of sp³-hybridized carbons (Fsp3) is 0.655. The Labute approximate surface area is 208 Å². The molecule has 0 aromatic rings. The number of rotatable bonds is 22. The fourth-order valence-electron chi connectivity index (χ4n) is 3.13. The zero-order valence-corrected chi connectivity index (χ0v) is 21.6. The van der Waals surface area contributed by atoms with Gasteiger partial charge in [-0.15, -0.1) is 0 Å². The molecule has 0 amide bonds. The second kappa shape index (κ2) is 25.5. The number of unbranched alkanes of at least 4 members (excludes halogenated alkanes) is 6. The summed E-state index contributed by atoms with van der Waals surface area (Å²) in [7, 11) is 0. The molecule has 0 saturated heterocycles. The number of aliphatic hydroxyl groups excluding tert-OH is 1. The molecule has 0 spiro atoms. The molecule has 0 bridgehead atoms. The van der Waals surface area contributed by atoms with Crippen molar-refractivity contribution >= 4 is 11.9 Å². The SMILES string of the molecule is CC/C=C\C/C=C\C/C=C\C/C=C\CCCCC(=O)OC(CO)COC(=O)CCCCCCC. The molecule has 34 heavy (non-hydrogen) atoms. The molecule has 0 aliphatic heterocycles. The Kier molecular flexibility index (Phi) is 23.9. The number of carbonyl (C=O) groups excluding carboxylic acids is 2. The third kappa shape index (κ3) is 23.0. The number of carbonyl (C=O) groups is 2. The Bertz CT molecular complexity index is 604. The predicted molar refractivity (Wildman–Crippen MR) is 140 cm³/mol. The zero-order chi connectivity index (χ0) is 25.1. The summed E-state index contributed by atoms with van der Waals surface area (Å²) in [5, 5.41) is 9.38. The van der Waals surface area contributed by atoms with Crippen LogP contribution < -0.4 is 0 Å². The average molecular weight is 477 g/mol. The molecular formula is C29H48O5. The second-order valence-electron chi connectivity index (χ2n) is 8.39. The first-order valence-corrected chi connectivity index (χ1v) is 13.2. The van der Waals surface area contributed by atoms with Gasteiger partial charge >= 0.3 is 11.9 Å². The van der Waals surface area contributed by atoms with Crippen LogP contribution in [0.1, 0.15) is 104 Å². The minimum Gasteiger partial charge on any atom is -0.462 e. The van der Waals surface area contributed by atoms with Crippen molar-refractivity contribution in [1.29, 1.82) is 0 Å². The Morgan fingerprint density at radius 2 is 1.26 bits per heavy atom. The number of allylic oxidation sites excluding steroid dienone is 8. The summed E-state index contributed by atoms with van der Waals surface area (Å²) in [5.74, 6) is -0.663. The lowest BCUT2D eigenvalue weighted by Crippen LogP contribution is -2.28. The van der Waals surface area contributed by atoms with Gasteiger partial charge in [0.15, 0.2) is 6.10 Å². The molecule has 0 aromatic carbocycles. The minimum atomic E-state index is -0.786. The summed E-state index contributed by atoms with van der Waals surface area (Å²) >= 11 is 0. The van der Waals surface area contributed by atoms with Crippen molar-refractivity contribution in [3.63, 3.8) is 0 Å². The lowest BCUT2D eigenvalue weighted by molar-refractivity contribution is -0.161. The summed E-state index contributed by atoms with van der Waals surface area (Å²) in [6, 6.07) is 0. The third-order valence-corrected chi connectivity index (χ3v) is 5.14. The molecule has 0 aliphatic rings. The van der Waals surface area contributed by atoms with E-state index in [0.29, 0.717) is 12.8 Å². The number of esters is 2. The van der Waals surface area contributed by atoms with Crippen molar-refractivity contribution in [1.82, 2.24) is 0 Å². The molecule has 0 heterocycles. The highest BCUT2D eigenvalue weighted by molar-refractivity contribution is 5.70. The van der Waals surface area contributed by atoms with Gasteiger partial charge in [0.2, 0.25) is 0 Å². The van der Waals surface area contributed by atoms with E-state index in [1.807, 2.05) is 0 Å². The van der Waals surface area contributed by atoms with Crippen LogP contribution in [0.4, 0.5) is 0 Å². The molecule has 1 unspecified atom stereocenters. The van der Waals surface area contributed by atoms with E-state index >= 15 is 0 Å². The van der Waals surface area contributed by atoms with Gasteiger partial charge in [-0.05, 0) is 51.4 Å². The summed E-state index contributed by atoms with van der Waals surface area (Å²) < 4.78 is 10.4. The maximum absolute atomic E-state index is 12.0. The molecule has 1 N–H and O–H groups in total. The molecule has 5 heteroatoms. The largest absolute Gasteiger partial charge is 0.462 e. The highest BCUT2D eigenvalue weighted by Crippen LogP contribution is 2.08. The molecule has 0 radical (unpaired) electrons. The van der Waals surface area contributed by atoms with Crippen molar-refractivity contribution in [2.45, 2.75) is 110 Å². The van der Waals surface area contributed by atoms with Crippen LogP contribution in [0.3, 0.4) is 0 Å². The highest BCUT2D eigenvalue weighted by atomic mass is 16.6. The van der Waals surface area contributed by atoms with E-state index in [9.17, 15) is 14.7 Å². The van der Waals surface area contributed by atoms with Crippen LogP contribution >= 0.6 is 0 Å². The molecule has 0 rings (SSSR count). The number of hydrogen-bond acceptors (Lipinski definition) is 5. The molecule has 1 atom stereocenters. The van der Waals surface area contributed by atoms with E-state index in [4.69, 9.17) is 9.47 Å². The maximum Gasteiger partial charge on any atom is 0.306 e. The van der Waals surface area contributed by atoms with Gasteiger partial charge in [0, 0.05) is 12.8 Å². The first-order chi connectivity index (χ1) is 16.6. The van der Waals surface area contributed by atoms with E-state index in [0.717, 1.165) is 64.2 Å². The van der Waals surface area contributed by atoms with Gasteiger partial charge < -0.3 is 14.6 Å². The van der Waals surface area contributed by atoms with E-state index in [-0.39, 0.29) is 25.2 Å². The molecule has 5 nitrogen and oxygen atoms in total. The molecule has 0 aliphatic carbocycles. The first-order valence-electron chi connectivity index (χ1n) is 13.2. The Hall–Kier alpha value is -2.14. The van der Waals surface area contributed by atoms with Crippen molar-refractivity contribution in [3.8, 4) is 0 Å². The van der Waals surface area contributed by atoms with Gasteiger partial charge in [0.05, 0.1) is 6.61 Å². The molecular weight excluding hydrogens is 428 g/mol. The summed E-state index contributed by atoms with van der Waals surface area (Å²) in [6.07, 6.45) is 29.0. The van der Waals surface area contributed by atoms with Gasteiger partial charge in [-0.1, -0.05) is 88.1 Å². The predicted octanol–water partition coefficient (Wildman–Crippen LogP) is 7.16. The third-order valence-electron chi connectivity index (χ3n) is 5.14. The second-order valence-corrected chi connectivity index (χ2v) is 8.39. The van der Waals surface area contributed by atoms with Crippen molar-refractivity contribution in [3.05, 3.63) is 48.6 Å². The van der Waals surface area contributed by atoms with Crippen molar-refractivity contribution in [2.75, 3.05) is 13.2 Å². The monoisotopic (exact) mass is 476 g/mol. The number of hydrogen-bond donors (Lipinski definition) is 1. The standard InChI is InChI=1S/C29H48O5/c1-3-5-7-9-10-11-12-13-14-15-16-17-18-20-22-24-29(32)34-27(25-30)26-33-28(31)23-21-19-8-6-4-2/h5,7,10-11,13-14,16-17,27,30H,3-4,6,8-9,12,15,18-26H2,1-2H3/b7-5-,11-10-,14-13-,17-16-. The van der Waals surface area contributed by atoms with Crippen LogP contribution in [-0.4, -0.2) is 36.4 Å². The molecule has 0 fully saturated rings. The maximum atomic E-state index is 12.0. The van der Waals surface area contributed by atoms with Crippen LogP contribution in [0.2, 0.25) is 0 Å². The van der Waals surface area contributed by atoms with E-state index in [1.165, 1.54) is 12.8 Å². The Morgan fingerprint density at radius 3 is 1.88 bits per heavy atom. The smallest absolute Gasteiger partial charge is 0.306 e. The van der Waals surface area contributed by atoms with Gasteiger partial charge in [-0.25, -0.2) is 0 Å². The Balaban J connectivity index is 3.75. The molecule has 0 saturated carbocycles. The quantitative estimate of drug-likeness (QED) is 0.102. The topological polar surface area (TPSA) is 72.8 Å². The van der Waals surface area contributed by atoms with Gasteiger partial charge in [0.1, 0.15) is 6.61 Å². The average Bonchev–Trinajstić information content (AvgIpc) is 2.84. The highest BCUT2D eigenvalue weighted by Gasteiger charge is 2.15. The summed E-state index contributed by atoms with van der Waals surface area (Å²) in [6.45, 7) is 3.85. The lowest BCUT2D eigenvalue weighted by atomic mass is 10.1.